The molecular weight excluding hydrogens is 438 g/mol. The molecule has 0 unspecified atom stereocenters. The van der Waals surface area contributed by atoms with Gasteiger partial charge in [-0.25, -0.2) is 4.68 Å². The van der Waals surface area contributed by atoms with Crippen LogP contribution in [0.1, 0.15) is 16.1 Å². The van der Waals surface area contributed by atoms with Crippen LogP contribution < -0.4 is 10.1 Å². The van der Waals surface area contributed by atoms with E-state index in [4.69, 9.17) is 16.3 Å². The molecule has 0 spiro atoms. The van der Waals surface area contributed by atoms with E-state index < -0.39 is 0 Å². The average molecular weight is 458 g/mol. The van der Waals surface area contributed by atoms with Crippen LogP contribution in [0.4, 0.5) is 5.69 Å². The maximum Gasteiger partial charge on any atom is 0.276 e. The van der Waals surface area contributed by atoms with Crippen molar-refractivity contribution >= 4 is 34.0 Å². The molecule has 1 N–H and O–H groups in total. The largest absolute Gasteiger partial charge is 0.471 e. The Labute approximate surface area is 195 Å². The smallest absolute Gasteiger partial charge is 0.276 e. The molecule has 0 saturated heterocycles. The van der Waals surface area contributed by atoms with Crippen LogP contribution in [0.25, 0.3) is 10.8 Å². The maximum absolute atomic E-state index is 12.6. The quantitative estimate of drug-likeness (QED) is 0.363. The van der Waals surface area contributed by atoms with Gasteiger partial charge in [0, 0.05) is 17.4 Å². The lowest BCUT2D eigenvalue weighted by molar-refractivity contribution is 0.102. The minimum absolute atomic E-state index is 0.163. The summed E-state index contributed by atoms with van der Waals surface area (Å²) in [6.07, 6.45) is 5.12. The monoisotopic (exact) mass is 457 g/mol. The number of carbonyl (C=O) groups is 1. The number of hydrogen-bond acceptors (Lipinski definition) is 4. The molecule has 0 atom stereocenters. The second kappa shape index (κ2) is 9.18. The van der Waals surface area contributed by atoms with E-state index in [0.717, 1.165) is 5.56 Å². The van der Waals surface area contributed by atoms with Gasteiger partial charge in [0.15, 0.2) is 12.4 Å². The van der Waals surface area contributed by atoms with Crippen molar-refractivity contribution in [3.63, 3.8) is 0 Å². The van der Waals surface area contributed by atoms with Gasteiger partial charge in [0.1, 0.15) is 5.75 Å². The van der Waals surface area contributed by atoms with E-state index in [0.29, 0.717) is 23.0 Å². The number of hydrogen-bond donors (Lipinski definition) is 1. The fourth-order valence-electron chi connectivity index (χ4n) is 3.57. The molecule has 0 radical (unpaired) electrons. The van der Waals surface area contributed by atoms with Crippen LogP contribution in [0.3, 0.4) is 0 Å². The molecule has 8 heteroatoms. The minimum Gasteiger partial charge on any atom is -0.471 e. The Balaban J connectivity index is 1.21. The summed E-state index contributed by atoms with van der Waals surface area (Å²) in [5, 5.41) is 14.5. The lowest BCUT2D eigenvalue weighted by atomic mass is 10.0. The zero-order chi connectivity index (χ0) is 22.6. The van der Waals surface area contributed by atoms with Gasteiger partial charge in [0.05, 0.1) is 18.4 Å². The molecule has 0 aliphatic heterocycles. The van der Waals surface area contributed by atoms with Crippen molar-refractivity contribution < 1.29 is 9.53 Å². The molecule has 3 aromatic carbocycles. The van der Waals surface area contributed by atoms with Gasteiger partial charge in [0.2, 0.25) is 0 Å². The predicted octanol–water partition coefficient (Wildman–Crippen LogP) is 5.22. The first kappa shape index (κ1) is 20.8. The van der Waals surface area contributed by atoms with Crippen molar-refractivity contribution in [3.05, 3.63) is 108 Å². The Bertz CT molecular complexity index is 1420. The van der Waals surface area contributed by atoms with Crippen molar-refractivity contribution in [1.29, 1.82) is 0 Å². The van der Waals surface area contributed by atoms with E-state index >= 15 is 0 Å². The third-order valence-electron chi connectivity index (χ3n) is 5.14. The Morgan fingerprint density at radius 1 is 1.00 bits per heavy atom. The molecule has 0 bridgehead atoms. The first-order valence-corrected chi connectivity index (χ1v) is 10.7. The highest BCUT2D eigenvalue weighted by Gasteiger charge is 2.12. The minimum atomic E-state index is -0.318. The SMILES string of the molecule is O=C(Nc1cnn(Cc2cccc3ccccc23)c1)c1ccn(COc2cccc(Cl)c2)n1. The van der Waals surface area contributed by atoms with E-state index in [-0.39, 0.29) is 18.3 Å². The van der Waals surface area contributed by atoms with Crippen LogP contribution in [-0.2, 0) is 13.3 Å². The number of nitrogens with one attached hydrogen (secondary N) is 1. The number of rotatable bonds is 7. The Morgan fingerprint density at radius 2 is 1.85 bits per heavy atom. The summed E-state index contributed by atoms with van der Waals surface area (Å²) in [7, 11) is 0. The molecular formula is C25H20ClN5O2. The van der Waals surface area contributed by atoms with E-state index in [1.54, 1.807) is 58.3 Å². The number of halogens is 1. The zero-order valence-electron chi connectivity index (χ0n) is 17.6. The summed E-state index contributed by atoms with van der Waals surface area (Å²) < 4.78 is 8.99. The number of nitrogens with zero attached hydrogens (tertiary/aromatic N) is 4. The Hall–Kier alpha value is -4.10. The molecule has 0 fully saturated rings. The van der Waals surface area contributed by atoms with Crippen LogP contribution in [0, 0.1) is 0 Å². The summed E-state index contributed by atoms with van der Waals surface area (Å²) in [6.45, 7) is 0.767. The highest BCUT2D eigenvalue weighted by molar-refractivity contribution is 6.30. The Morgan fingerprint density at radius 3 is 2.76 bits per heavy atom. The van der Waals surface area contributed by atoms with Crippen molar-refractivity contribution in [1.82, 2.24) is 19.6 Å². The van der Waals surface area contributed by atoms with Gasteiger partial charge in [-0.1, -0.05) is 60.1 Å². The van der Waals surface area contributed by atoms with Gasteiger partial charge in [0.25, 0.3) is 5.91 Å². The summed E-state index contributed by atoms with van der Waals surface area (Å²) in [6, 6.07) is 23.2. The summed E-state index contributed by atoms with van der Waals surface area (Å²) in [5.74, 6) is 0.309. The standard InChI is InChI=1S/C25H20ClN5O2/c26-20-8-4-9-22(13-20)33-17-30-12-11-24(29-30)25(32)28-21-14-27-31(16-21)15-19-7-3-6-18-5-1-2-10-23(18)19/h1-14,16H,15,17H2,(H,28,32). The second-order valence-corrected chi connectivity index (χ2v) is 7.93. The van der Waals surface area contributed by atoms with Gasteiger partial charge in [-0.3, -0.25) is 9.48 Å². The number of fused-ring (bicyclic) bond motifs is 1. The molecule has 0 aliphatic rings. The molecule has 5 rings (SSSR count). The van der Waals surface area contributed by atoms with E-state index in [1.165, 1.54) is 10.8 Å². The lowest BCUT2D eigenvalue weighted by Gasteiger charge is -2.06. The lowest BCUT2D eigenvalue weighted by Crippen LogP contribution is -2.14. The van der Waals surface area contributed by atoms with Crippen LogP contribution >= 0.6 is 11.6 Å². The molecule has 0 aliphatic carbocycles. The number of anilines is 1. The summed E-state index contributed by atoms with van der Waals surface area (Å²) >= 11 is 5.96. The molecule has 7 nitrogen and oxygen atoms in total. The normalized spacial score (nSPS) is 10.9. The van der Waals surface area contributed by atoms with Gasteiger partial charge >= 0.3 is 0 Å². The number of ether oxygens (including phenoxy) is 1. The predicted molar refractivity (Wildman–Crippen MR) is 128 cm³/mol. The number of carbonyl (C=O) groups excluding carboxylic acids is 1. The van der Waals surface area contributed by atoms with Crippen LogP contribution in [0.15, 0.2) is 91.4 Å². The van der Waals surface area contributed by atoms with Crippen molar-refractivity contribution in [2.24, 2.45) is 0 Å². The maximum atomic E-state index is 12.6. The topological polar surface area (TPSA) is 74.0 Å². The Kier molecular flexibility index (Phi) is 5.78. The van der Waals surface area contributed by atoms with E-state index in [1.807, 2.05) is 18.2 Å². The molecule has 2 aromatic heterocycles. The average Bonchev–Trinajstić information content (AvgIpc) is 3.48. The fraction of sp³-hybridized carbons (Fsp3) is 0.0800. The highest BCUT2D eigenvalue weighted by Crippen LogP contribution is 2.20. The molecule has 2 heterocycles. The fourth-order valence-corrected chi connectivity index (χ4v) is 3.75. The van der Waals surface area contributed by atoms with Gasteiger partial charge < -0.3 is 10.1 Å². The van der Waals surface area contributed by atoms with Crippen molar-refractivity contribution in [2.45, 2.75) is 13.3 Å². The number of amides is 1. The van der Waals surface area contributed by atoms with Crippen LogP contribution in [-0.4, -0.2) is 25.5 Å². The molecule has 5 aromatic rings. The van der Waals surface area contributed by atoms with Crippen LogP contribution in [0.5, 0.6) is 5.75 Å². The first-order chi connectivity index (χ1) is 16.1. The number of aromatic nitrogens is 4. The first-order valence-electron chi connectivity index (χ1n) is 10.4. The molecule has 0 saturated carbocycles. The second-order valence-electron chi connectivity index (χ2n) is 7.49. The molecule has 33 heavy (non-hydrogen) atoms. The highest BCUT2D eigenvalue weighted by atomic mass is 35.5. The van der Waals surface area contributed by atoms with Crippen molar-refractivity contribution in [3.8, 4) is 5.75 Å². The van der Waals surface area contributed by atoms with E-state index in [2.05, 4.69) is 39.8 Å². The number of benzene rings is 3. The van der Waals surface area contributed by atoms with Crippen LogP contribution in [0.2, 0.25) is 5.02 Å². The zero-order valence-corrected chi connectivity index (χ0v) is 18.3. The van der Waals surface area contributed by atoms with E-state index in [9.17, 15) is 4.79 Å². The summed E-state index contributed by atoms with van der Waals surface area (Å²) in [5.41, 5.74) is 2.05. The third-order valence-corrected chi connectivity index (χ3v) is 5.37. The van der Waals surface area contributed by atoms with Gasteiger partial charge in [-0.05, 0) is 40.6 Å². The summed E-state index contributed by atoms with van der Waals surface area (Å²) in [4.78, 5) is 12.6. The molecule has 1 amide bonds. The third kappa shape index (κ3) is 4.88. The van der Waals surface area contributed by atoms with Crippen molar-refractivity contribution in [2.75, 3.05) is 5.32 Å². The van der Waals surface area contributed by atoms with Gasteiger partial charge in [-0.15, -0.1) is 0 Å². The van der Waals surface area contributed by atoms with Gasteiger partial charge in [-0.2, -0.15) is 10.2 Å². The molecule has 164 valence electrons.